The lowest BCUT2D eigenvalue weighted by atomic mass is 9.88. The molecular formula is C19H23NO4. The fraction of sp³-hybridized carbons (Fsp3) is 0.474. The van der Waals surface area contributed by atoms with Crippen molar-refractivity contribution >= 4 is 22.7 Å². The summed E-state index contributed by atoms with van der Waals surface area (Å²) < 4.78 is 11.8. The van der Waals surface area contributed by atoms with Gasteiger partial charge >= 0.3 is 0 Å². The van der Waals surface area contributed by atoms with Gasteiger partial charge in [-0.3, -0.25) is 9.59 Å². The summed E-state index contributed by atoms with van der Waals surface area (Å²) in [5, 5.41) is 0.674. The molecule has 1 aliphatic rings. The van der Waals surface area contributed by atoms with E-state index in [1.807, 2.05) is 19.9 Å². The first-order valence-corrected chi connectivity index (χ1v) is 8.36. The number of benzene rings is 1. The molecule has 1 aromatic carbocycles. The minimum absolute atomic E-state index is 0.00760. The second kappa shape index (κ2) is 5.65. The Morgan fingerprint density at radius 1 is 1.38 bits per heavy atom. The zero-order chi connectivity index (χ0) is 17.6. The second-order valence-electron chi connectivity index (χ2n) is 7.10. The molecule has 0 fully saturated rings. The number of amides is 1. The number of carbonyl (C=O) groups is 2. The molecule has 0 bridgehead atoms. The van der Waals surface area contributed by atoms with Crippen molar-refractivity contribution in [3.8, 4) is 5.75 Å². The average Bonchev–Trinajstić information content (AvgIpc) is 2.81. The van der Waals surface area contributed by atoms with Gasteiger partial charge in [-0.2, -0.15) is 0 Å². The van der Waals surface area contributed by atoms with Crippen LogP contribution in [0.1, 0.15) is 72.1 Å². The summed E-state index contributed by atoms with van der Waals surface area (Å²) in [6, 6.07) is 1.89. The van der Waals surface area contributed by atoms with E-state index < -0.39 is 11.5 Å². The Bertz CT molecular complexity index is 845. The number of fused-ring (bicyclic) bond motifs is 3. The number of hydrogen-bond donors (Lipinski definition) is 1. The van der Waals surface area contributed by atoms with Crippen LogP contribution in [0.4, 0.5) is 0 Å². The molecule has 0 atom stereocenters. The fourth-order valence-corrected chi connectivity index (χ4v) is 3.41. The maximum atomic E-state index is 12.7. The molecule has 1 aliphatic heterocycles. The van der Waals surface area contributed by atoms with Crippen LogP contribution in [0.5, 0.6) is 5.75 Å². The first-order valence-electron chi connectivity index (χ1n) is 8.36. The average molecular weight is 329 g/mol. The van der Waals surface area contributed by atoms with E-state index in [1.54, 1.807) is 6.92 Å². The first kappa shape index (κ1) is 16.6. The van der Waals surface area contributed by atoms with Crippen LogP contribution in [-0.4, -0.2) is 17.3 Å². The molecule has 0 saturated carbocycles. The Labute approximate surface area is 141 Å². The number of rotatable bonds is 4. The lowest BCUT2D eigenvalue weighted by Crippen LogP contribution is -2.36. The van der Waals surface area contributed by atoms with E-state index in [9.17, 15) is 9.59 Å². The van der Waals surface area contributed by atoms with Gasteiger partial charge in [-0.15, -0.1) is 0 Å². The molecule has 5 nitrogen and oxygen atoms in total. The maximum Gasteiger partial charge on any atom is 0.284 e. The zero-order valence-corrected chi connectivity index (χ0v) is 14.6. The third-order valence-electron chi connectivity index (χ3n) is 4.51. The van der Waals surface area contributed by atoms with Gasteiger partial charge in [0.2, 0.25) is 0 Å². The SMILES string of the molecule is CCCCc1cc2c(c3c(C)c(C(N)=O)oc13)C(=O)CC(C)(C)O2. The van der Waals surface area contributed by atoms with Crippen molar-refractivity contribution in [2.24, 2.45) is 5.73 Å². The Morgan fingerprint density at radius 3 is 2.71 bits per heavy atom. The van der Waals surface area contributed by atoms with Crippen molar-refractivity contribution < 1.29 is 18.7 Å². The standard InChI is InChI=1S/C19H23NO4/c1-5-6-7-11-8-13-15(12(21)9-19(3,4)24-13)14-10(2)16(18(20)22)23-17(11)14/h8H,5-7,9H2,1-4H3,(H2,20,22). The second-order valence-corrected chi connectivity index (χ2v) is 7.10. The van der Waals surface area contributed by atoms with E-state index in [0.717, 1.165) is 24.8 Å². The van der Waals surface area contributed by atoms with Crippen LogP contribution in [0.25, 0.3) is 11.0 Å². The molecule has 5 heteroatoms. The lowest BCUT2D eigenvalue weighted by Gasteiger charge is -2.32. The molecule has 3 rings (SSSR count). The summed E-state index contributed by atoms with van der Waals surface area (Å²) in [5.41, 5.74) is 7.56. The Hall–Kier alpha value is -2.30. The van der Waals surface area contributed by atoms with Crippen LogP contribution in [-0.2, 0) is 6.42 Å². The third kappa shape index (κ3) is 2.58. The van der Waals surface area contributed by atoms with E-state index >= 15 is 0 Å². The van der Waals surface area contributed by atoms with Crippen molar-refractivity contribution in [2.75, 3.05) is 0 Å². The van der Waals surface area contributed by atoms with Crippen molar-refractivity contribution in [1.82, 2.24) is 0 Å². The highest BCUT2D eigenvalue weighted by Gasteiger charge is 2.36. The minimum atomic E-state index is -0.622. The van der Waals surface area contributed by atoms with Gasteiger partial charge in [0.25, 0.3) is 5.91 Å². The molecule has 1 amide bonds. The zero-order valence-electron chi connectivity index (χ0n) is 14.6. The van der Waals surface area contributed by atoms with E-state index in [0.29, 0.717) is 34.3 Å². The number of Topliss-reactive ketones (excluding diaryl/α,β-unsaturated/α-hetero) is 1. The van der Waals surface area contributed by atoms with E-state index in [2.05, 4.69) is 6.92 Å². The molecule has 0 saturated heterocycles. The topological polar surface area (TPSA) is 82.5 Å². The number of primary amides is 1. The summed E-state index contributed by atoms with van der Waals surface area (Å²) in [7, 11) is 0. The Kier molecular flexibility index (Phi) is 3.90. The number of unbranched alkanes of at least 4 members (excludes halogenated alkanes) is 1. The molecule has 2 heterocycles. The van der Waals surface area contributed by atoms with Gasteiger partial charge < -0.3 is 14.9 Å². The van der Waals surface area contributed by atoms with Crippen molar-refractivity contribution in [3.05, 3.63) is 28.5 Å². The van der Waals surface area contributed by atoms with Crippen molar-refractivity contribution in [1.29, 1.82) is 0 Å². The summed E-state index contributed by atoms with van der Waals surface area (Å²) in [5.74, 6) is 0.0835. The van der Waals surface area contributed by atoms with Crippen LogP contribution in [0.15, 0.2) is 10.5 Å². The van der Waals surface area contributed by atoms with Crippen molar-refractivity contribution in [2.45, 2.75) is 59.0 Å². The van der Waals surface area contributed by atoms with Crippen LogP contribution in [0.3, 0.4) is 0 Å². The molecule has 24 heavy (non-hydrogen) atoms. The highest BCUT2D eigenvalue weighted by Crippen LogP contribution is 2.42. The lowest BCUT2D eigenvalue weighted by molar-refractivity contribution is 0.0623. The van der Waals surface area contributed by atoms with Gasteiger partial charge in [-0.1, -0.05) is 13.3 Å². The number of carbonyl (C=O) groups excluding carboxylic acids is 2. The van der Waals surface area contributed by atoms with E-state index in [4.69, 9.17) is 14.9 Å². The number of hydrogen-bond acceptors (Lipinski definition) is 4. The predicted octanol–water partition coefficient (Wildman–Crippen LogP) is 3.93. The highest BCUT2D eigenvalue weighted by atomic mass is 16.5. The molecule has 2 aromatic rings. The summed E-state index contributed by atoms with van der Waals surface area (Å²) >= 11 is 0. The van der Waals surface area contributed by atoms with Crippen LogP contribution in [0.2, 0.25) is 0 Å². The molecule has 128 valence electrons. The van der Waals surface area contributed by atoms with Gasteiger partial charge in [0.15, 0.2) is 11.5 Å². The first-order chi connectivity index (χ1) is 11.2. The summed E-state index contributed by atoms with van der Waals surface area (Å²) in [6.45, 7) is 7.69. The minimum Gasteiger partial charge on any atom is -0.487 e. The van der Waals surface area contributed by atoms with E-state index in [1.165, 1.54) is 0 Å². The smallest absolute Gasteiger partial charge is 0.284 e. The van der Waals surface area contributed by atoms with Crippen LogP contribution < -0.4 is 10.5 Å². The third-order valence-corrected chi connectivity index (χ3v) is 4.51. The highest BCUT2D eigenvalue weighted by molar-refractivity contribution is 6.14. The molecule has 0 radical (unpaired) electrons. The molecule has 0 aliphatic carbocycles. The predicted molar refractivity (Wildman–Crippen MR) is 91.7 cm³/mol. The van der Waals surface area contributed by atoms with Gasteiger partial charge in [0, 0.05) is 10.9 Å². The number of ether oxygens (including phenoxy) is 1. The summed E-state index contributed by atoms with van der Waals surface area (Å²) in [4.78, 5) is 24.4. The van der Waals surface area contributed by atoms with Gasteiger partial charge in [0.05, 0.1) is 12.0 Å². The van der Waals surface area contributed by atoms with Crippen molar-refractivity contribution in [3.63, 3.8) is 0 Å². The van der Waals surface area contributed by atoms with Crippen LogP contribution >= 0.6 is 0 Å². The maximum absolute atomic E-state index is 12.7. The van der Waals surface area contributed by atoms with Crippen LogP contribution in [0, 0.1) is 6.92 Å². The molecule has 1 aromatic heterocycles. The molecular weight excluding hydrogens is 306 g/mol. The van der Waals surface area contributed by atoms with E-state index in [-0.39, 0.29) is 11.5 Å². The quantitative estimate of drug-likeness (QED) is 0.921. The monoisotopic (exact) mass is 329 g/mol. The number of aryl methyl sites for hydroxylation is 2. The van der Waals surface area contributed by atoms with Gasteiger partial charge in [0.1, 0.15) is 16.9 Å². The van der Waals surface area contributed by atoms with Gasteiger partial charge in [-0.25, -0.2) is 0 Å². The Balaban J connectivity index is 2.33. The molecule has 2 N–H and O–H groups in total. The molecule has 0 spiro atoms. The fourth-order valence-electron chi connectivity index (χ4n) is 3.41. The van der Waals surface area contributed by atoms with Gasteiger partial charge in [-0.05, 0) is 45.2 Å². The number of furan rings is 1. The Morgan fingerprint density at radius 2 is 2.08 bits per heavy atom. The number of ketones is 1. The summed E-state index contributed by atoms with van der Waals surface area (Å²) in [6.07, 6.45) is 3.10. The largest absolute Gasteiger partial charge is 0.487 e. The normalized spacial score (nSPS) is 16.1. The molecule has 0 unspecified atom stereocenters. The number of nitrogens with two attached hydrogens (primary N) is 1.